The van der Waals surface area contributed by atoms with Crippen LogP contribution in [0.5, 0.6) is 5.75 Å². The Morgan fingerprint density at radius 1 is 1.53 bits per heavy atom. The highest BCUT2D eigenvalue weighted by Gasteiger charge is 2.05. The first-order chi connectivity index (χ1) is 9.22. The molecule has 0 amide bonds. The third-order valence-corrected chi connectivity index (χ3v) is 3.51. The molecule has 0 saturated carbocycles. The van der Waals surface area contributed by atoms with E-state index in [4.69, 9.17) is 21.6 Å². The molecule has 0 aliphatic heterocycles. The SMILES string of the molecule is CCOc1cc(NCc2cnc(Cl)s2)ccc1C#N. The Hall–Kier alpha value is -1.77. The van der Waals surface area contributed by atoms with Crippen molar-refractivity contribution in [3.8, 4) is 11.8 Å². The fraction of sp³-hybridized carbons (Fsp3) is 0.231. The zero-order valence-electron chi connectivity index (χ0n) is 10.3. The predicted octanol–water partition coefficient (Wildman–Crippen LogP) is 3.68. The molecule has 98 valence electrons. The van der Waals surface area contributed by atoms with Crippen molar-refractivity contribution in [2.24, 2.45) is 0 Å². The van der Waals surface area contributed by atoms with Crippen LogP contribution in [0.3, 0.4) is 0 Å². The first-order valence-corrected chi connectivity index (χ1v) is 6.93. The van der Waals surface area contributed by atoms with Crippen LogP contribution in [-0.2, 0) is 6.54 Å². The van der Waals surface area contributed by atoms with Crippen molar-refractivity contribution in [2.75, 3.05) is 11.9 Å². The van der Waals surface area contributed by atoms with E-state index in [0.29, 0.717) is 28.9 Å². The summed E-state index contributed by atoms with van der Waals surface area (Å²) in [4.78, 5) is 5.03. The normalized spacial score (nSPS) is 9.95. The first-order valence-electron chi connectivity index (χ1n) is 5.74. The summed E-state index contributed by atoms with van der Waals surface area (Å²) in [5.41, 5.74) is 1.43. The van der Waals surface area contributed by atoms with Crippen molar-refractivity contribution in [1.82, 2.24) is 4.98 Å². The standard InChI is InChI=1S/C13H12ClN3OS/c1-2-18-12-5-10(4-3-9(12)6-15)16-7-11-8-17-13(14)19-11/h3-5,8,16H,2,7H2,1H3. The number of ether oxygens (including phenoxy) is 1. The van der Waals surface area contributed by atoms with E-state index >= 15 is 0 Å². The summed E-state index contributed by atoms with van der Waals surface area (Å²) in [6.45, 7) is 3.06. The lowest BCUT2D eigenvalue weighted by Gasteiger charge is -2.09. The molecule has 1 aromatic heterocycles. The molecule has 1 aromatic carbocycles. The molecule has 0 spiro atoms. The molecule has 4 nitrogen and oxygen atoms in total. The van der Waals surface area contributed by atoms with Gasteiger partial charge in [-0.1, -0.05) is 11.6 Å². The Morgan fingerprint density at radius 3 is 3.00 bits per heavy atom. The lowest BCUT2D eigenvalue weighted by atomic mass is 10.2. The van der Waals surface area contributed by atoms with Crippen molar-refractivity contribution in [2.45, 2.75) is 13.5 Å². The van der Waals surface area contributed by atoms with E-state index in [2.05, 4.69) is 16.4 Å². The minimum absolute atomic E-state index is 0.530. The number of aromatic nitrogens is 1. The summed E-state index contributed by atoms with van der Waals surface area (Å²) in [7, 11) is 0. The summed E-state index contributed by atoms with van der Waals surface area (Å²) in [5, 5.41) is 12.2. The fourth-order valence-electron chi connectivity index (χ4n) is 1.55. The zero-order chi connectivity index (χ0) is 13.7. The molecule has 0 fully saturated rings. The Kier molecular flexibility index (Phi) is 4.61. The fourth-order valence-corrected chi connectivity index (χ4v) is 2.47. The second-order valence-corrected chi connectivity index (χ2v) is 5.39. The average Bonchev–Trinajstić information content (AvgIpc) is 2.83. The third kappa shape index (κ3) is 3.60. The maximum Gasteiger partial charge on any atom is 0.183 e. The molecule has 0 bridgehead atoms. The van der Waals surface area contributed by atoms with Crippen LogP contribution in [0, 0.1) is 11.3 Å². The van der Waals surface area contributed by atoms with Crippen molar-refractivity contribution >= 4 is 28.6 Å². The van der Waals surface area contributed by atoms with Gasteiger partial charge in [-0.2, -0.15) is 5.26 Å². The van der Waals surface area contributed by atoms with Crippen molar-refractivity contribution < 1.29 is 4.74 Å². The van der Waals surface area contributed by atoms with Crippen LogP contribution in [0.4, 0.5) is 5.69 Å². The number of benzene rings is 1. The Labute approximate surface area is 120 Å². The van der Waals surface area contributed by atoms with E-state index in [1.807, 2.05) is 19.1 Å². The Morgan fingerprint density at radius 2 is 2.37 bits per heavy atom. The topological polar surface area (TPSA) is 57.9 Å². The summed E-state index contributed by atoms with van der Waals surface area (Å²) in [6.07, 6.45) is 1.74. The van der Waals surface area contributed by atoms with Gasteiger partial charge in [0.25, 0.3) is 0 Å². The van der Waals surface area contributed by atoms with Crippen LogP contribution in [0.2, 0.25) is 4.47 Å². The number of halogens is 1. The number of anilines is 1. The average molecular weight is 294 g/mol. The molecule has 0 atom stereocenters. The summed E-state index contributed by atoms with van der Waals surface area (Å²) in [5.74, 6) is 0.595. The minimum atomic E-state index is 0.530. The van der Waals surface area contributed by atoms with Crippen LogP contribution in [-0.4, -0.2) is 11.6 Å². The molecule has 0 saturated heterocycles. The molecule has 19 heavy (non-hydrogen) atoms. The highest BCUT2D eigenvalue weighted by Crippen LogP contribution is 2.24. The molecule has 2 aromatic rings. The predicted molar refractivity (Wildman–Crippen MR) is 76.8 cm³/mol. The van der Waals surface area contributed by atoms with Crippen LogP contribution < -0.4 is 10.1 Å². The number of hydrogen-bond donors (Lipinski definition) is 1. The van der Waals surface area contributed by atoms with Gasteiger partial charge in [0.1, 0.15) is 11.8 Å². The van der Waals surface area contributed by atoms with E-state index < -0.39 is 0 Å². The van der Waals surface area contributed by atoms with Crippen molar-refractivity contribution in [1.29, 1.82) is 5.26 Å². The van der Waals surface area contributed by atoms with Crippen molar-refractivity contribution in [3.05, 3.63) is 39.3 Å². The first kappa shape index (κ1) is 13.7. The second kappa shape index (κ2) is 6.41. The molecule has 0 aliphatic rings. The highest BCUT2D eigenvalue weighted by molar-refractivity contribution is 7.15. The zero-order valence-corrected chi connectivity index (χ0v) is 11.9. The minimum Gasteiger partial charge on any atom is -0.492 e. The van der Waals surface area contributed by atoms with Gasteiger partial charge < -0.3 is 10.1 Å². The largest absolute Gasteiger partial charge is 0.492 e. The van der Waals surface area contributed by atoms with Crippen LogP contribution in [0.1, 0.15) is 17.4 Å². The molecule has 2 rings (SSSR count). The van der Waals surface area contributed by atoms with Crippen LogP contribution in [0.25, 0.3) is 0 Å². The third-order valence-electron chi connectivity index (χ3n) is 2.39. The lowest BCUT2D eigenvalue weighted by molar-refractivity contribution is 0.339. The molecule has 0 aliphatic carbocycles. The van der Waals surface area contributed by atoms with Gasteiger partial charge in [0.2, 0.25) is 0 Å². The number of nitrogens with zero attached hydrogens (tertiary/aromatic N) is 2. The van der Waals surface area contributed by atoms with E-state index in [9.17, 15) is 0 Å². The molecular weight excluding hydrogens is 282 g/mol. The molecule has 1 N–H and O–H groups in total. The van der Waals surface area contributed by atoms with Gasteiger partial charge in [0.05, 0.1) is 18.7 Å². The van der Waals surface area contributed by atoms with E-state index in [-0.39, 0.29) is 0 Å². The number of thiazole rings is 1. The van der Waals surface area contributed by atoms with E-state index in [1.54, 1.807) is 12.3 Å². The van der Waals surface area contributed by atoms with Gasteiger partial charge in [0, 0.05) is 22.8 Å². The van der Waals surface area contributed by atoms with Crippen molar-refractivity contribution in [3.63, 3.8) is 0 Å². The van der Waals surface area contributed by atoms with Crippen LogP contribution in [0.15, 0.2) is 24.4 Å². The summed E-state index contributed by atoms with van der Waals surface area (Å²) >= 11 is 7.21. The van der Waals surface area contributed by atoms with Gasteiger partial charge in [-0.25, -0.2) is 4.98 Å². The number of nitriles is 1. The molecular formula is C13H12ClN3OS. The quantitative estimate of drug-likeness (QED) is 0.913. The van der Waals surface area contributed by atoms with Gasteiger partial charge in [-0.3, -0.25) is 0 Å². The monoisotopic (exact) mass is 293 g/mol. The molecule has 6 heteroatoms. The maximum atomic E-state index is 8.97. The van der Waals surface area contributed by atoms with Gasteiger partial charge in [0.15, 0.2) is 4.47 Å². The summed E-state index contributed by atoms with van der Waals surface area (Å²) < 4.78 is 5.97. The van der Waals surface area contributed by atoms with Gasteiger partial charge in [-0.05, 0) is 19.1 Å². The van der Waals surface area contributed by atoms with E-state index in [1.165, 1.54) is 11.3 Å². The smallest absolute Gasteiger partial charge is 0.183 e. The molecule has 0 unspecified atom stereocenters. The van der Waals surface area contributed by atoms with E-state index in [0.717, 1.165) is 10.6 Å². The molecule has 0 radical (unpaired) electrons. The van der Waals surface area contributed by atoms with Gasteiger partial charge >= 0.3 is 0 Å². The Balaban J connectivity index is 2.08. The van der Waals surface area contributed by atoms with Gasteiger partial charge in [-0.15, -0.1) is 11.3 Å². The summed E-state index contributed by atoms with van der Waals surface area (Å²) in [6, 6.07) is 7.52. The van der Waals surface area contributed by atoms with Crippen LogP contribution >= 0.6 is 22.9 Å². The second-order valence-electron chi connectivity index (χ2n) is 3.69. The maximum absolute atomic E-state index is 8.97. The molecule has 1 heterocycles. The lowest BCUT2D eigenvalue weighted by Crippen LogP contribution is -2.00. The highest BCUT2D eigenvalue weighted by atomic mass is 35.5. The Bertz CT molecular complexity index is 606. The number of rotatable bonds is 5. The number of nitrogens with one attached hydrogen (secondary N) is 1. The number of hydrogen-bond acceptors (Lipinski definition) is 5.